The largest absolute Gasteiger partial charge is 0.351 e. The number of hydrogen-bond acceptors (Lipinski definition) is 4. The number of urea groups is 1. The number of nitro benzene ring substituents is 1. The lowest BCUT2D eigenvalue weighted by atomic mass is 10.2. The first-order valence-electron chi connectivity index (χ1n) is 6.06. The summed E-state index contributed by atoms with van der Waals surface area (Å²) in [6.45, 7) is 3.51. The number of non-ortho nitro benzene ring substituents is 1. The molecule has 102 valence electrons. The van der Waals surface area contributed by atoms with Crippen molar-refractivity contribution in [1.29, 1.82) is 0 Å². The van der Waals surface area contributed by atoms with Crippen molar-refractivity contribution in [2.75, 3.05) is 26.2 Å². The fraction of sp³-hybridized carbons (Fsp3) is 0.417. The Kier molecular flexibility index (Phi) is 3.96. The van der Waals surface area contributed by atoms with E-state index < -0.39 is 4.92 Å². The van der Waals surface area contributed by atoms with Crippen molar-refractivity contribution < 1.29 is 9.72 Å². The summed E-state index contributed by atoms with van der Waals surface area (Å²) in [6.07, 6.45) is 0. The third-order valence-corrected chi connectivity index (χ3v) is 3.24. The van der Waals surface area contributed by atoms with E-state index in [0.717, 1.165) is 25.2 Å². The van der Waals surface area contributed by atoms with Gasteiger partial charge in [-0.3, -0.25) is 15.0 Å². The number of nitrogens with two attached hydrogens (primary N) is 1. The van der Waals surface area contributed by atoms with E-state index in [9.17, 15) is 14.9 Å². The van der Waals surface area contributed by atoms with Crippen LogP contribution < -0.4 is 5.73 Å². The fourth-order valence-electron chi connectivity index (χ4n) is 2.11. The quantitative estimate of drug-likeness (QED) is 0.645. The predicted molar refractivity (Wildman–Crippen MR) is 69.5 cm³/mol. The zero-order valence-electron chi connectivity index (χ0n) is 10.5. The number of nitrogens with zero attached hydrogens (tertiary/aromatic N) is 3. The number of carbonyl (C=O) groups excluding carboxylic acids is 1. The lowest BCUT2D eigenvalue weighted by molar-refractivity contribution is -0.384. The molecule has 1 heterocycles. The highest BCUT2D eigenvalue weighted by Gasteiger charge is 2.19. The third kappa shape index (κ3) is 3.41. The molecule has 7 heteroatoms. The minimum absolute atomic E-state index is 0.0993. The van der Waals surface area contributed by atoms with Crippen LogP contribution in [0.5, 0.6) is 0 Å². The molecule has 0 radical (unpaired) electrons. The van der Waals surface area contributed by atoms with Gasteiger partial charge >= 0.3 is 6.03 Å². The Morgan fingerprint density at radius 2 is 1.79 bits per heavy atom. The summed E-state index contributed by atoms with van der Waals surface area (Å²) < 4.78 is 0. The van der Waals surface area contributed by atoms with Gasteiger partial charge in [-0.1, -0.05) is 12.1 Å². The smallest absolute Gasteiger partial charge is 0.314 e. The molecule has 2 amide bonds. The van der Waals surface area contributed by atoms with Crippen LogP contribution in [0.1, 0.15) is 5.56 Å². The molecule has 7 nitrogen and oxygen atoms in total. The molecular weight excluding hydrogens is 248 g/mol. The van der Waals surface area contributed by atoms with Gasteiger partial charge in [-0.05, 0) is 5.56 Å². The molecule has 0 atom stereocenters. The molecule has 0 bridgehead atoms. The first kappa shape index (κ1) is 13.3. The van der Waals surface area contributed by atoms with E-state index in [1.807, 2.05) is 0 Å². The van der Waals surface area contributed by atoms with Crippen LogP contribution in [0, 0.1) is 10.1 Å². The number of piperazine rings is 1. The van der Waals surface area contributed by atoms with Gasteiger partial charge in [0.25, 0.3) is 5.69 Å². The van der Waals surface area contributed by atoms with Gasteiger partial charge in [0, 0.05) is 44.9 Å². The summed E-state index contributed by atoms with van der Waals surface area (Å²) in [7, 11) is 0. The zero-order valence-corrected chi connectivity index (χ0v) is 10.5. The number of carbonyl (C=O) groups is 1. The predicted octanol–water partition coefficient (Wildman–Crippen LogP) is 0.791. The molecule has 1 fully saturated rings. The summed E-state index contributed by atoms with van der Waals surface area (Å²) in [5.74, 6) is 0. The number of primary amides is 1. The van der Waals surface area contributed by atoms with Gasteiger partial charge in [0.05, 0.1) is 4.92 Å². The molecule has 1 aliphatic rings. The van der Waals surface area contributed by atoms with Crippen molar-refractivity contribution in [3.63, 3.8) is 0 Å². The highest BCUT2D eigenvalue weighted by molar-refractivity contribution is 5.72. The third-order valence-electron chi connectivity index (χ3n) is 3.24. The molecule has 0 saturated carbocycles. The van der Waals surface area contributed by atoms with Gasteiger partial charge in [0.15, 0.2) is 0 Å². The fourth-order valence-corrected chi connectivity index (χ4v) is 2.11. The standard InChI is InChI=1S/C12H16N4O3/c13-12(17)15-7-5-14(6-8-15)9-10-1-3-11(4-2-10)16(18)19/h1-4H,5-9H2,(H2,13,17). The van der Waals surface area contributed by atoms with Crippen LogP contribution in [0.25, 0.3) is 0 Å². The summed E-state index contributed by atoms with van der Waals surface area (Å²) in [6, 6.07) is 6.16. The Labute approximate surface area is 110 Å². The SMILES string of the molecule is NC(=O)N1CCN(Cc2ccc([N+](=O)[O-])cc2)CC1. The molecule has 0 spiro atoms. The van der Waals surface area contributed by atoms with E-state index in [-0.39, 0.29) is 11.7 Å². The molecule has 1 aromatic rings. The monoisotopic (exact) mass is 264 g/mol. The second-order valence-electron chi connectivity index (χ2n) is 4.52. The van der Waals surface area contributed by atoms with Crippen molar-refractivity contribution in [2.45, 2.75) is 6.54 Å². The zero-order chi connectivity index (χ0) is 13.8. The lowest BCUT2D eigenvalue weighted by Crippen LogP contribution is -2.50. The summed E-state index contributed by atoms with van der Waals surface area (Å²) in [5.41, 5.74) is 6.34. The maximum absolute atomic E-state index is 11.0. The van der Waals surface area contributed by atoms with Crippen molar-refractivity contribution in [3.8, 4) is 0 Å². The summed E-state index contributed by atoms with van der Waals surface area (Å²) in [4.78, 5) is 24.9. The molecule has 0 aromatic heterocycles. The maximum Gasteiger partial charge on any atom is 0.314 e. The first-order valence-corrected chi connectivity index (χ1v) is 6.06. The highest BCUT2D eigenvalue weighted by Crippen LogP contribution is 2.14. The lowest BCUT2D eigenvalue weighted by Gasteiger charge is -2.33. The second-order valence-corrected chi connectivity index (χ2v) is 4.52. The average molecular weight is 264 g/mol. The van der Waals surface area contributed by atoms with Crippen molar-refractivity contribution in [3.05, 3.63) is 39.9 Å². The van der Waals surface area contributed by atoms with Crippen LogP contribution in [0.3, 0.4) is 0 Å². The van der Waals surface area contributed by atoms with Gasteiger partial charge < -0.3 is 10.6 Å². The van der Waals surface area contributed by atoms with Gasteiger partial charge in [-0.25, -0.2) is 4.79 Å². The van der Waals surface area contributed by atoms with Crippen LogP contribution in [0.2, 0.25) is 0 Å². The number of benzene rings is 1. The summed E-state index contributed by atoms with van der Waals surface area (Å²) >= 11 is 0. The number of amides is 2. The van der Waals surface area contributed by atoms with Crippen LogP contribution in [-0.2, 0) is 6.54 Å². The molecule has 1 saturated heterocycles. The van der Waals surface area contributed by atoms with E-state index in [0.29, 0.717) is 13.1 Å². The summed E-state index contributed by atoms with van der Waals surface area (Å²) in [5, 5.41) is 10.5. The Hall–Kier alpha value is -2.15. The first-order chi connectivity index (χ1) is 9.06. The molecule has 2 N–H and O–H groups in total. The van der Waals surface area contributed by atoms with E-state index in [1.54, 1.807) is 17.0 Å². The van der Waals surface area contributed by atoms with Crippen LogP contribution in [0.15, 0.2) is 24.3 Å². The topological polar surface area (TPSA) is 92.7 Å². The van der Waals surface area contributed by atoms with Gasteiger partial charge in [-0.2, -0.15) is 0 Å². The molecule has 0 unspecified atom stereocenters. The van der Waals surface area contributed by atoms with E-state index >= 15 is 0 Å². The molecule has 0 aliphatic carbocycles. The highest BCUT2D eigenvalue weighted by atomic mass is 16.6. The number of nitro groups is 1. The Morgan fingerprint density at radius 1 is 1.21 bits per heavy atom. The molecule has 1 aromatic carbocycles. The van der Waals surface area contributed by atoms with E-state index in [1.165, 1.54) is 12.1 Å². The van der Waals surface area contributed by atoms with E-state index in [4.69, 9.17) is 5.73 Å². The van der Waals surface area contributed by atoms with Gasteiger partial charge in [0.2, 0.25) is 0 Å². The van der Waals surface area contributed by atoms with Crippen molar-refractivity contribution in [2.24, 2.45) is 5.73 Å². The molecule has 19 heavy (non-hydrogen) atoms. The van der Waals surface area contributed by atoms with Gasteiger partial charge in [0.1, 0.15) is 0 Å². The normalized spacial score (nSPS) is 16.3. The molecular formula is C12H16N4O3. The van der Waals surface area contributed by atoms with Crippen molar-refractivity contribution >= 4 is 11.7 Å². The average Bonchev–Trinajstić information content (AvgIpc) is 2.40. The molecule has 1 aliphatic heterocycles. The Bertz CT molecular complexity index is 466. The van der Waals surface area contributed by atoms with Crippen LogP contribution in [0.4, 0.5) is 10.5 Å². The minimum Gasteiger partial charge on any atom is -0.351 e. The van der Waals surface area contributed by atoms with Gasteiger partial charge in [-0.15, -0.1) is 0 Å². The van der Waals surface area contributed by atoms with Crippen LogP contribution >= 0.6 is 0 Å². The Balaban J connectivity index is 1.88. The van der Waals surface area contributed by atoms with E-state index in [2.05, 4.69) is 4.90 Å². The van der Waals surface area contributed by atoms with Crippen molar-refractivity contribution in [1.82, 2.24) is 9.80 Å². The number of hydrogen-bond donors (Lipinski definition) is 1. The number of rotatable bonds is 3. The second kappa shape index (κ2) is 5.66. The Morgan fingerprint density at radius 3 is 2.26 bits per heavy atom. The minimum atomic E-state index is -0.407. The van der Waals surface area contributed by atoms with Crippen LogP contribution in [-0.4, -0.2) is 46.9 Å². The maximum atomic E-state index is 11.0. The molecule has 2 rings (SSSR count).